The van der Waals surface area contributed by atoms with Gasteiger partial charge in [-0.1, -0.05) is 32.9 Å². The van der Waals surface area contributed by atoms with Crippen LogP contribution in [-0.2, 0) is 10.2 Å². The van der Waals surface area contributed by atoms with Crippen molar-refractivity contribution in [2.45, 2.75) is 51.2 Å². The van der Waals surface area contributed by atoms with Gasteiger partial charge in [-0.25, -0.2) is 0 Å². The Labute approximate surface area is 144 Å². The van der Waals surface area contributed by atoms with E-state index >= 15 is 0 Å². The van der Waals surface area contributed by atoms with Crippen LogP contribution in [0, 0.1) is 5.92 Å². The Bertz CT molecular complexity index is 720. The average Bonchev–Trinajstić information content (AvgIpc) is 2.60. The fourth-order valence-corrected chi connectivity index (χ4v) is 4.04. The first-order valence-electron chi connectivity index (χ1n) is 8.96. The number of benzene rings is 1. The largest absolute Gasteiger partial charge is 0.378 e. The maximum atomic E-state index is 6.27. The molecule has 0 bridgehead atoms. The van der Waals surface area contributed by atoms with Gasteiger partial charge < -0.3 is 10.1 Å². The lowest BCUT2D eigenvalue weighted by atomic mass is 9.76. The predicted octanol–water partition coefficient (Wildman–Crippen LogP) is 5.01. The van der Waals surface area contributed by atoms with E-state index in [1.807, 2.05) is 12.4 Å². The minimum absolute atomic E-state index is 0.154. The van der Waals surface area contributed by atoms with Crippen LogP contribution >= 0.6 is 0 Å². The van der Waals surface area contributed by atoms with E-state index in [-0.39, 0.29) is 11.5 Å². The number of nitrogens with zero attached hydrogens (tertiary/aromatic N) is 1. The van der Waals surface area contributed by atoms with Gasteiger partial charge in [0.05, 0.1) is 12.1 Å². The second kappa shape index (κ2) is 5.89. The molecule has 3 heteroatoms. The fourth-order valence-electron chi connectivity index (χ4n) is 4.04. The number of hydrogen-bond acceptors (Lipinski definition) is 3. The number of pyridine rings is 1. The quantitative estimate of drug-likeness (QED) is 0.801. The zero-order valence-electron chi connectivity index (χ0n) is 14.8. The van der Waals surface area contributed by atoms with Crippen LogP contribution in [0.3, 0.4) is 0 Å². The van der Waals surface area contributed by atoms with Gasteiger partial charge >= 0.3 is 0 Å². The summed E-state index contributed by atoms with van der Waals surface area (Å²) < 4.78 is 6.27. The fraction of sp³-hybridized carbons (Fsp3) is 0.476. The van der Waals surface area contributed by atoms with Crippen molar-refractivity contribution >= 4 is 5.69 Å². The summed E-state index contributed by atoms with van der Waals surface area (Å²) >= 11 is 0. The number of nitrogens with one attached hydrogen (secondary N) is 1. The molecule has 3 unspecified atom stereocenters. The van der Waals surface area contributed by atoms with Crippen LogP contribution in [0.1, 0.15) is 62.4 Å². The van der Waals surface area contributed by atoms with Crippen molar-refractivity contribution in [2.75, 3.05) is 11.9 Å². The third-order valence-corrected chi connectivity index (χ3v) is 5.40. The molecule has 1 saturated heterocycles. The summed E-state index contributed by atoms with van der Waals surface area (Å²) in [7, 11) is 0. The SMILES string of the molecule is CC(C)(C)c1ccc2c(c1)C1OCCCC1C(c1ccncc1)N2. The molecule has 2 aliphatic heterocycles. The molecule has 1 N–H and O–H groups in total. The molecule has 3 heterocycles. The average molecular weight is 322 g/mol. The van der Waals surface area contributed by atoms with Crippen molar-refractivity contribution in [1.29, 1.82) is 0 Å². The number of hydrogen-bond donors (Lipinski definition) is 1. The molecule has 3 nitrogen and oxygen atoms in total. The van der Waals surface area contributed by atoms with Crippen molar-refractivity contribution in [1.82, 2.24) is 4.98 Å². The highest BCUT2D eigenvalue weighted by atomic mass is 16.5. The van der Waals surface area contributed by atoms with Gasteiger partial charge in [0.2, 0.25) is 0 Å². The van der Waals surface area contributed by atoms with Gasteiger partial charge in [-0.2, -0.15) is 0 Å². The molecule has 1 aromatic heterocycles. The first kappa shape index (κ1) is 15.6. The first-order valence-corrected chi connectivity index (χ1v) is 8.96. The van der Waals surface area contributed by atoms with Crippen molar-refractivity contribution in [3.63, 3.8) is 0 Å². The second-order valence-corrected chi connectivity index (χ2v) is 8.05. The summed E-state index contributed by atoms with van der Waals surface area (Å²) in [5.41, 5.74) is 5.38. The molecule has 4 rings (SSSR count). The lowest BCUT2D eigenvalue weighted by Crippen LogP contribution is -2.36. The van der Waals surface area contributed by atoms with Gasteiger partial charge in [0.25, 0.3) is 0 Å². The third-order valence-electron chi connectivity index (χ3n) is 5.40. The van der Waals surface area contributed by atoms with Crippen molar-refractivity contribution < 1.29 is 4.74 Å². The summed E-state index contributed by atoms with van der Waals surface area (Å²) in [6.07, 6.45) is 6.29. The van der Waals surface area contributed by atoms with Gasteiger partial charge in [0.15, 0.2) is 0 Å². The number of anilines is 1. The van der Waals surface area contributed by atoms with Crippen LogP contribution in [-0.4, -0.2) is 11.6 Å². The van der Waals surface area contributed by atoms with Crippen LogP contribution in [0.2, 0.25) is 0 Å². The highest BCUT2D eigenvalue weighted by molar-refractivity contribution is 5.59. The molecule has 0 amide bonds. The Kier molecular flexibility index (Phi) is 3.84. The van der Waals surface area contributed by atoms with Crippen LogP contribution in [0.25, 0.3) is 0 Å². The van der Waals surface area contributed by atoms with E-state index in [4.69, 9.17) is 4.74 Å². The molecule has 0 radical (unpaired) electrons. The maximum Gasteiger partial charge on any atom is 0.0895 e. The second-order valence-electron chi connectivity index (χ2n) is 8.05. The molecule has 2 aromatic rings. The maximum absolute atomic E-state index is 6.27. The molecule has 3 atom stereocenters. The van der Waals surface area contributed by atoms with E-state index in [0.29, 0.717) is 12.0 Å². The molecule has 0 aliphatic carbocycles. The summed E-state index contributed by atoms with van der Waals surface area (Å²) in [5, 5.41) is 3.78. The Morgan fingerprint density at radius 3 is 2.67 bits per heavy atom. The van der Waals surface area contributed by atoms with Gasteiger partial charge in [0.1, 0.15) is 0 Å². The molecule has 1 aromatic carbocycles. The van der Waals surface area contributed by atoms with Gasteiger partial charge in [-0.15, -0.1) is 0 Å². The standard InChI is InChI=1S/C21H26N2O/c1-21(2,3)15-6-7-18-17(13-15)20-16(5-4-12-24-20)19(23-18)14-8-10-22-11-9-14/h6-11,13,16,19-20,23H,4-5,12H2,1-3H3. The summed E-state index contributed by atoms with van der Waals surface area (Å²) in [4.78, 5) is 4.17. The minimum Gasteiger partial charge on any atom is -0.378 e. The lowest BCUT2D eigenvalue weighted by Gasteiger charge is -2.43. The topological polar surface area (TPSA) is 34.1 Å². The predicted molar refractivity (Wildman–Crippen MR) is 97.2 cm³/mol. The summed E-state index contributed by atoms with van der Waals surface area (Å²) in [6.45, 7) is 7.67. The number of aromatic nitrogens is 1. The molecule has 0 saturated carbocycles. The van der Waals surface area contributed by atoms with Crippen LogP contribution in [0.5, 0.6) is 0 Å². The van der Waals surface area contributed by atoms with E-state index < -0.39 is 0 Å². The van der Waals surface area contributed by atoms with Crippen LogP contribution in [0.4, 0.5) is 5.69 Å². The smallest absolute Gasteiger partial charge is 0.0895 e. The monoisotopic (exact) mass is 322 g/mol. The summed E-state index contributed by atoms with van der Waals surface area (Å²) in [5.74, 6) is 0.476. The highest BCUT2D eigenvalue weighted by Gasteiger charge is 2.40. The van der Waals surface area contributed by atoms with Crippen molar-refractivity contribution in [3.05, 3.63) is 59.4 Å². The Morgan fingerprint density at radius 1 is 1.12 bits per heavy atom. The van der Waals surface area contributed by atoms with Gasteiger partial charge in [-0.3, -0.25) is 4.98 Å². The third kappa shape index (κ3) is 2.71. The lowest BCUT2D eigenvalue weighted by molar-refractivity contribution is -0.0382. The van der Waals surface area contributed by atoms with E-state index in [0.717, 1.165) is 13.0 Å². The zero-order valence-corrected chi connectivity index (χ0v) is 14.8. The van der Waals surface area contributed by atoms with Crippen molar-refractivity contribution in [3.8, 4) is 0 Å². The van der Waals surface area contributed by atoms with Crippen LogP contribution in [0.15, 0.2) is 42.7 Å². The Hall–Kier alpha value is -1.87. The van der Waals surface area contributed by atoms with Gasteiger partial charge in [-0.05, 0) is 47.6 Å². The van der Waals surface area contributed by atoms with Crippen molar-refractivity contribution in [2.24, 2.45) is 5.92 Å². The highest BCUT2D eigenvalue weighted by Crippen LogP contribution is 2.49. The number of rotatable bonds is 1. The molecular formula is C21H26N2O. The van der Waals surface area contributed by atoms with Gasteiger partial charge in [0, 0.05) is 36.2 Å². The normalized spacial score (nSPS) is 26.2. The van der Waals surface area contributed by atoms with E-state index in [2.05, 4.69) is 61.4 Å². The summed E-state index contributed by atoms with van der Waals surface area (Å²) in [6, 6.07) is 11.4. The zero-order chi connectivity index (χ0) is 16.7. The number of ether oxygens (including phenoxy) is 1. The molecule has 24 heavy (non-hydrogen) atoms. The number of fused-ring (bicyclic) bond motifs is 3. The molecule has 0 spiro atoms. The van der Waals surface area contributed by atoms with Crippen LogP contribution < -0.4 is 5.32 Å². The molecule has 2 aliphatic rings. The van der Waals surface area contributed by atoms with E-state index in [9.17, 15) is 0 Å². The van der Waals surface area contributed by atoms with E-state index in [1.54, 1.807) is 0 Å². The Balaban J connectivity index is 1.77. The molecular weight excluding hydrogens is 296 g/mol. The molecule has 126 valence electrons. The van der Waals surface area contributed by atoms with E-state index in [1.165, 1.54) is 28.8 Å². The Morgan fingerprint density at radius 2 is 1.92 bits per heavy atom. The minimum atomic E-state index is 0.154. The molecule has 1 fully saturated rings. The first-order chi connectivity index (χ1) is 11.5.